The smallest absolute Gasteiger partial charge is 0.106 e. The van der Waals surface area contributed by atoms with Crippen LogP contribution in [0.1, 0.15) is 45.4 Å². The molecule has 2 saturated heterocycles. The van der Waals surface area contributed by atoms with E-state index in [0.29, 0.717) is 6.04 Å². The zero-order valence-electron chi connectivity index (χ0n) is 8.42. The molecule has 0 aliphatic carbocycles. The van der Waals surface area contributed by atoms with E-state index in [4.69, 9.17) is 0 Å². The van der Waals surface area contributed by atoms with Crippen LogP contribution in [0.2, 0.25) is 0 Å². The van der Waals surface area contributed by atoms with Crippen molar-refractivity contribution in [3.05, 3.63) is 0 Å². The first-order valence-corrected chi connectivity index (χ1v) is 5.44. The Morgan fingerprint density at radius 3 is 2.85 bits per heavy atom. The topological polar surface area (TPSA) is 27.0 Å². The molecule has 2 fully saturated rings. The van der Waals surface area contributed by atoms with Gasteiger partial charge < -0.3 is 0 Å². The van der Waals surface area contributed by atoms with E-state index in [2.05, 4.69) is 17.9 Å². The first-order chi connectivity index (χ1) is 6.26. The highest BCUT2D eigenvalue weighted by molar-refractivity contribution is 5.09. The monoisotopic (exact) mass is 178 g/mol. The van der Waals surface area contributed by atoms with E-state index in [-0.39, 0.29) is 5.54 Å². The van der Waals surface area contributed by atoms with E-state index in [1.165, 1.54) is 32.1 Å². The summed E-state index contributed by atoms with van der Waals surface area (Å²) in [7, 11) is 0. The van der Waals surface area contributed by atoms with Crippen LogP contribution in [-0.2, 0) is 0 Å². The molecule has 0 N–H and O–H groups in total. The molecule has 2 rings (SSSR count). The SMILES string of the molecule is CC1(C#N)CCCC2CCCCN21. The van der Waals surface area contributed by atoms with Crippen LogP contribution in [0, 0.1) is 11.3 Å². The molecule has 0 aromatic rings. The molecule has 0 saturated carbocycles. The molecule has 0 bridgehead atoms. The normalized spacial score (nSPS) is 40.8. The van der Waals surface area contributed by atoms with Crippen LogP contribution in [0.25, 0.3) is 0 Å². The Hall–Kier alpha value is -0.550. The van der Waals surface area contributed by atoms with Gasteiger partial charge in [-0.3, -0.25) is 4.90 Å². The summed E-state index contributed by atoms with van der Waals surface area (Å²) in [6, 6.07) is 3.22. The molecular weight excluding hydrogens is 160 g/mol. The largest absolute Gasteiger partial charge is 0.283 e. The average Bonchev–Trinajstić information content (AvgIpc) is 2.19. The van der Waals surface area contributed by atoms with E-state index in [1.807, 2.05) is 0 Å². The molecule has 2 unspecified atom stereocenters. The van der Waals surface area contributed by atoms with Gasteiger partial charge >= 0.3 is 0 Å². The predicted molar refractivity (Wildman–Crippen MR) is 52.2 cm³/mol. The second-order valence-electron chi connectivity index (χ2n) is 4.62. The van der Waals surface area contributed by atoms with Gasteiger partial charge in [-0.15, -0.1) is 0 Å². The average molecular weight is 178 g/mol. The minimum absolute atomic E-state index is 0.149. The van der Waals surface area contributed by atoms with Crippen LogP contribution in [0.4, 0.5) is 0 Å². The molecule has 2 heterocycles. The maximum atomic E-state index is 9.20. The molecule has 2 atom stereocenters. The summed E-state index contributed by atoms with van der Waals surface area (Å²) in [5.41, 5.74) is -0.149. The van der Waals surface area contributed by atoms with Crippen LogP contribution in [0.15, 0.2) is 0 Å². The van der Waals surface area contributed by atoms with Gasteiger partial charge in [0.2, 0.25) is 0 Å². The van der Waals surface area contributed by atoms with Crippen LogP contribution in [0.5, 0.6) is 0 Å². The van der Waals surface area contributed by atoms with E-state index < -0.39 is 0 Å². The van der Waals surface area contributed by atoms with Crippen molar-refractivity contribution in [2.75, 3.05) is 6.54 Å². The molecule has 2 aliphatic heterocycles. The lowest BCUT2D eigenvalue weighted by molar-refractivity contribution is 0.0219. The molecule has 13 heavy (non-hydrogen) atoms. The van der Waals surface area contributed by atoms with E-state index in [0.717, 1.165) is 13.0 Å². The molecule has 0 aromatic heterocycles. The van der Waals surface area contributed by atoms with Crippen LogP contribution < -0.4 is 0 Å². The molecule has 0 aromatic carbocycles. The zero-order valence-corrected chi connectivity index (χ0v) is 8.42. The van der Waals surface area contributed by atoms with Gasteiger partial charge in [0.05, 0.1) is 6.07 Å². The molecule has 72 valence electrons. The minimum atomic E-state index is -0.149. The summed E-state index contributed by atoms with van der Waals surface area (Å²) in [6.45, 7) is 3.26. The van der Waals surface area contributed by atoms with Crippen LogP contribution in [-0.4, -0.2) is 23.0 Å². The number of piperidine rings is 2. The van der Waals surface area contributed by atoms with Crippen molar-refractivity contribution < 1.29 is 0 Å². The molecule has 0 amide bonds. The Kier molecular flexibility index (Phi) is 2.29. The fourth-order valence-electron chi connectivity index (χ4n) is 2.90. The van der Waals surface area contributed by atoms with Gasteiger partial charge in [-0.1, -0.05) is 6.42 Å². The Labute approximate surface area is 80.5 Å². The summed E-state index contributed by atoms with van der Waals surface area (Å²) in [6.07, 6.45) is 7.59. The Morgan fingerprint density at radius 1 is 1.31 bits per heavy atom. The first-order valence-electron chi connectivity index (χ1n) is 5.44. The second kappa shape index (κ2) is 3.31. The lowest BCUT2D eigenvalue weighted by Crippen LogP contribution is -2.55. The van der Waals surface area contributed by atoms with E-state index >= 15 is 0 Å². The van der Waals surface area contributed by atoms with Gasteiger partial charge in [0.25, 0.3) is 0 Å². The quantitative estimate of drug-likeness (QED) is 0.569. The molecule has 2 nitrogen and oxygen atoms in total. The Bertz CT molecular complexity index is 229. The van der Waals surface area contributed by atoms with Crippen LogP contribution in [0.3, 0.4) is 0 Å². The zero-order chi connectivity index (χ0) is 9.31. The Balaban J connectivity index is 2.17. The van der Waals surface area contributed by atoms with Crippen molar-refractivity contribution in [2.24, 2.45) is 0 Å². The van der Waals surface area contributed by atoms with Gasteiger partial charge in [-0.2, -0.15) is 5.26 Å². The van der Waals surface area contributed by atoms with E-state index in [9.17, 15) is 5.26 Å². The molecule has 2 aliphatic rings. The fraction of sp³-hybridized carbons (Fsp3) is 0.909. The summed E-state index contributed by atoms with van der Waals surface area (Å²) in [4.78, 5) is 2.46. The summed E-state index contributed by atoms with van der Waals surface area (Å²) in [5.74, 6) is 0. The maximum absolute atomic E-state index is 9.20. The second-order valence-corrected chi connectivity index (χ2v) is 4.62. The summed E-state index contributed by atoms with van der Waals surface area (Å²) < 4.78 is 0. The van der Waals surface area contributed by atoms with Gasteiger partial charge in [-0.25, -0.2) is 0 Å². The standard InChI is InChI=1S/C11H18N2/c1-11(9-12)7-4-6-10-5-2-3-8-13(10)11/h10H,2-8H2,1H3. The number of nitrogens with zero attached hydrogens (tertiary/aromatic N) is 2. The summed E-state index contributed by atoms with van der Waals surface area (Å²) in [5, 5.41) is 9.20. The highest BCUT2D eigenvalue weighted by atomic mass is 15.2. The maximum Gasteiger partial charge on any atom is 0.106 e. The lowest BCUT2D eigenvalue weighted by Gasteiger charge is -2.48. The first kappa shape index (κ1) is 9.02. The fourth-order valence-corrected chi connectivity index (χ4v) is 2.90. The van der Waals surface area contributed by atoms with Gasteiger partial charge in [0, 0.05) is 6.04 Å². The van der Waals surface area contributed by atoms with Crippen molar-refractivity contribution in [1.29, 1.82) is 5.26 Å². The minimum Gasteiger partial charge on any atom is -0.283 e. The van der Waals surface area contributed by atoms with Crippen molar-refractivity contribution in [2.45, 2.75) is 57.0 Å². The van der Waals surface area contributed by atoms with Gasteiger partial charge in [0.15, 0.2) is 0 Å². The lowest BCUT2D eigenvalue weighted by atomic mass is 9.82. The molecule has 0 radical (unpaired) electrons. The molecule has 0 spiro atoms. The van der Waals surface area contributed by atoms with E-state index in [1.54, 1.807) is 0 Å². The number of hydrogen-bond donors (Lipinski definition) is 0. The third kappa shape index (κ3) is 1.46. The number of rotatable bonds is 0. The molecular formula is C11H18N2. The van der Waals surface area contributed by atoms with Crippen molar-refractivity contribution in [3.8, 4) is 6.07 Å². The highest BCUT2D eigenvalue weighted by Gasteiger charge is 2.40. The predicted octanol–water partition coefficient (Wildman–Crippen LogP) is 2.31. The van der Waals surface area contributed by atoms with Crippen molar-refractivity contribution in [3.63, 3.8) is 0 Å². The van der Waals surface area contributed by atoms with Crippen LogP contribution >= 0.6 is 0 Å². The third-order valence-electron chi connectivity index (χ3n) is 3.70. The Morgan fingerprint density at radius 2 is 2.08 bits per heavy atom. The molecule has 2 heteroatoms. The van der Waals surface area contributed by atoms with Crippen molar-refractivity contribution >= 4 is 0 Å². The number of fused-ring (bicyclic) bond motifs is 1. The number of hydrogen-bond acceptors (Lipinski definition) is 2. The van der Waals surface area contributed by atoms with Gasteiger partial charge in [-0.05, 0) is 45.6 Å². The summed E-state index contributed by atoms with van der Waals surface area (Å²) >= 11 is 0. The third-order valence-corrected chi connectivity index (χ3v) is 3.70. The van der Waals surface area contributed by atoms with Gasteiger partial charge in [0.1, 0.15) is 5.54 Å². The number of nitriles is 1. The highest BCUT2D eigenvalue weighted by Crippen LogP contribution is 2.36. The van der Waals surface area contributed by atoms with Crippen molar-refractivity contribution in [1.82, 2.24) is 4.90 Å².